The molecule has 0 aromatic heterocycles. The van der Waals surface area contributed by atoms with Gasteiger partial charge in [0.2, 0.25) is 5.91 Å². The second kappa shape index (κ2) is 9.11. The van der Waals surface area contributed by atoms with Crippen molar-refractivity contribution in [3.8, 4) is 0 Å². The number of hydrogen-bond acceptors (Lipinski definition) is 4. The predicted octanol–water partition coefficient (Wildman–Crippen LogP) is 1.68. The highest BCUT2D eigenvalue weighted by Gasteiger charge is 2.39. The largest absolute Gasteiger partial charge is 0.350 e. The van der Waals surface area contributed by atoms with Crippen LogP contribution in [-0.2, 0) is 9.59 Å². The molecular weight excluding hydrogens is 393 g/mol. The van der Waals surface area contributed by atoms with Crippen LogP contribution in [0.25, 0.3) is 0 Å². The second-order valence-corrected chi connectivity index (χ2v) is 5.96. The van der Waals surface area contributed by atoms with Gasteiger partial charge < -0.3 is 16.4 Å². The number of carbonyl (C=O) groups excluding carboxylic acids is 3. The van der Waals surface area contributed by atoms with Gasteiger partial charge in [0.25, 0.3) is 11.8 Å². The zero-order valence-corrected chi connectivity index (χ0v) is 15.1. The molecule has 1 unspecified atom stereocenters. The molecule has 1 aliphatic heterocycles. The summed E-state index contributed by atoms with van der Waals surface area (Å²) in [6, 6.07) is 4.59. The smallest absolute Gasteiger partial charge is 0.329 e. The van der Waals surface area contributed by atoms with Gasteiger partial charge in [-0.3, -0.25) is 9.59 Å². The van der Waals surface area contributed by atoms with Crippen LogP contribution in [0, 0.1) is 0 Å². The molecule has 0 bridgehead atoms. The molecule has 0 radical (unpaired) electrons. The number of benzene rings is 1. The third-order valence-corrected chi connectivity index (χ3v) is 3.86. The average molecular weight is 411 g/mol. The lowest BCUT2D eigenvalue weighted by atomic mass is 10.1. The number of nitrogens with one attached hydrogen (secondary N) is 2. The van der Waals surface area contributed by atoms with Crippen LogP contribution in [0.4, 0.5) is 19.3 Å². The normalized spacial score (nSPS) is 16.9. The van der Waals surface area contributed by atoms with Crippen molar-refractivity contribution in [3.63, 3.8) is 0 Å². The maximum atomic E-state index is 13.0. The van der Waals surface area contributed by atoms with Crippen LogP contribution in [0.1, 0.15) is 12.8 Å². The van der Waals surface area contributed by atoms with Crippen molar-refractivity contribution in [2.45, 2.75) is 24.8 Å². The molecule has 1 aromatic rings. The van der Waals surface area contributed by atoms with Gasteiger partial charge in [-0.1, -0.05) is 11.6 Å². The number of carbonyl (C=O) groups is 3. The molecule has 1 aromatic carbocycles. The molecule has 26 heavy (non-hydrogen) atoms. The first-order valence-corrected chi connectivity index (χ1v) is 7.86. The summed E-state index contributed by atoms with van der Waals surface area (Å²) in [5.74, 6) is -4.36. The van der Waals surface area contributed by atoms with Crippen molar-refractivity contribution in [2.75, 3.05) is 18.0 Å². The zero-order valence-electron chi connectivity index (χ0n) is 13.5. The van der Waals surface area contributed by atoms with Crippen molar-refractivity contribution in [2.24, 2.45) is 5.73 Å². The molecule has 4 N–H and O–H groups in total. The number of halogens is 4. The van der Waals surface area contributed by atoms with Crippen LogP contribution >= 0.6 is 24.0 Å². The quantitative estimate of drug-likeness (QED) is 0.594. The summed E-state index contributed by atoms with van der Waals surface area (Å²) in [5, 5.41) is 4.97. The lowest BCUT2D eigenvalue weighted by Crippen LogP contribution is -2.42. The van der Waals surface area contributed by atoms with E-state index in [0.29, 0.717) is 10.7 Å². The number of imide groups is 1. The minimum atomic E-state index is -3.18. The molecule has 1 aliphatic rings. The molecule has 1 saturated heterocycles. The summed E-state index contributed by atoms with van der Waals surface area (Å²) in [5.41, 5.74) is 5.22. The van der Waals surface area contributed by atoms with Crippen LogP contribution < -0.4 is 21.3 Å². The van der Waals surface area contributed by atoms with E-state index >= 15 is 0 Å². The van der Waals surface area contributed by atoms with Gasteiger partial charge in [0, 0.05) is 11.4 Å². The number of anilines is 1. The van der Waals surface area contributed by atoms with Gasteiger partial charge >= 0.3 is 6.03 Å². The molecule has 1 fully saturated rings. The highest BCUT2D eigenvalue weighted by Crippen LogP contribution is 2.23. The van der Waals surface area contributed by atoms with Crippen molar-refractivity contribution in [1.29, 1.82) is 0 Å². The van der Waals surface area contributed by atoms with Crippen molar-refractivity contribution < 1.29 is 23.2 Å². The Labute approximate surface area is 159 Å². The van der Waals surface area contributed by atoms with E-state index in [1.54, 1.807) is 0 Å². The number of urea groups is 1. The number of rotatable bonds is 7. The molecule has 0 saturated carbocycles. The first-order chi connectivity index (χ1) is 11.7. The lowest BCUT2D eigenvalue weighted by molar-refractivity contribution is -0.123. The topological polar surface area (TPSA) is 105 Å². The Morgan fingerprint density at radius 3 is 2.50 bits per heavy atom. The summed E-state index contributed by atoms with van der Waals surface area (Å²) in [6.07, 6.45) is -0.194. The van der Waals surface area contributed by atoms with E-state index in [-0.39, 0.29) is 25.2 Å². The fraction of sp³-hybridized carbons (Fsp3) is 0.400. The zero-order chi connectivity index (χ0) is 18.6. The molecule has 0 aliphatic carbocycles. The average Bonchev–Trinajstić information content (AvgIpc) is 2.86. The van der Waals surface area contributed by atoms with E-state index in [1.807, 2.05) is 0 Å². The van der Waals surface area contributed by atoms with E-state index in [0.717, 1.165) is 4.90 Å². The van der Waals surface area contributed by atoms with E-state index in [9.17, 15) is 23.2 Å². The van der Waals surface area contributed by atoms with Crippen molar-refractivity contribution >= 4 is 47.5 Å². The van der Waals surface area contributed by atoms with Crippen molar-refractivity contribution in [1.82, 2.24) is 10.6 Å². The third kappa shape index (κ3) is 5.52. The number of nitrogens with zero attached hydrogens (tertiary/aromatic N) is 1. The molecule has 1 atom stereocenters. The Balaban J connectivity index is 0.00000338. The van der Waals surface area contributed by atoms with Crippen LogP contribution in [-0.4, -0.2) is 42.9 Å². The minimum Gasteiger partial charge on any atom is -0.350 e. The van der Waals surface area contributed by atoms with E-state index in [4.69, 9.17) is 17.3 Å². The summed E-state index contributed by atoms with van der Waals surface area (Å²) in [7, 11) is 0. The molecule has 0 spiro atoms. The van der Waals surface area contributed by atoms with Gasteiger partial charge in [0.15, 0.2) is 0 Å². The second-order valence-electron chi connectivity index (χ2n) is 5.53. The number of nitrogens with two attached hydrogens (primary N) is 1. The Bertz CT molecular complexity index is 673. The Hall–Kier alpha value is -1.97. The highest BCUT2D eigenvalue weighted by atomic mass is 35.5. The monoisotopic (exact) mass is 410 g/mol. The summed E-state index contributed by atoms with van der Waals surface area (Å²) >= 11 is 5.77. The Morgan fingerprint density at radius 2 is 1.92 bits per heavy atom. The highest BCUT2D eigenvalue weighted by molar-refractivity contribution is 6.30. The fourth-order valence-electron chi connectivity index (χ4n) is 2.23. The predicted molar refractivity (Wildman–Crippen MR) is 94.8 cm³/mol. The molecule has 4 amide bonds. The maximum Gasteiger partial charge on any atom is 0.329 e. The molecule has 2 rings (SSSR count). The van der Waals surface area contributed by atoms with Crippen molar-refractivity contribution in [3.05, 3.63) is 29.3 Å². The van der Waals surface area contributed by atoms with Gasteiger partial charge in [-0.2, -0.15) is 0 Å². The molecule has 1 heterocycles. The van der Waals surface area contributed by atoms with Gasteiger partial charge in [0.1, 0.15) is 6.04 Å². The Morgan fingerprint density at radius 1 is 1.31 bits per heavy atom. The molecule has 11 heteroatoms. The number of alkyl halides is 2. The lowest BCUT2D eigenvalue weighted by Gasteiger charge is -2.15. The van der Waals surface area contributed by atoms with Crippen LogP contribution in [0.3, 0.4) is 0 Å². The Kier molecular flexibility index (Phi) is 7.73. The summed E-state index contributed by atoms with van der Waals surface area (Å²) < 4.78 is 25.9. The van der Waals surface area contributed by atoms with E-state index in [2.05, 4.69) is 10.6 Å². The number of hydrogen-bond donors (Lipinski definition) is 3. The first kappa shape index (κ1) is 22.1. The summed E-state index contributed by atoms with van der Waals surface area (Å²) in [6.45, 7) is -1.75. The number of amides is 4. The molecule has 144 valence electrons. The minimum absolute atomic E-state index is 0. The van der Waals surface area contributed by atoms with Gasteiger partial charge in [-0.15, -0.1) is 12.4 Å². The van der Waals surface area contributed by atoms with Gasteiger partial charge in [-0.05, 0) is 30.7 Å². The van der Waals surface area contributed by atoms with E-state index < -0.39 is 42.9 Å². The maximum absolute atomic E-state index is 13.0. The SMILES string of the molecule is Cl.NCC(F)(F)CNC(=O)CCC1NC(=O)N(c2ccc(Cl)cc2)C1=O. The first-order valence-electron chi connectivity index (χ1n) is 7.48. The fourth-order valence-corrected chi connectivity index (χ4v) is 2.35. The third-order valence-electron chi connectivity index (χ3n) is 3.61. The standard InChI is InChI=1S/C15H17ClF2N4O3.ClH/c16-9-1-3-10(4-2-9)22-13(24)11(21-14(22)25)5-6-12(23)20-8-15(17,18)7-19;/h1-4,11H,5-8,19H2,(H,20,23)(H,21,25);1H. The van der Waals surface area contributed by atoms with Crippen LogP contribution in [0.2, 0.25) is 5.02 Å². The van der Waals surface area contributed by atoms with Gasteiger partial charge in [0.05, 0.1) is 18.8 Å². The molecule has 7 nitrogen and oxygen atoms in total. The van der Waals surface area contributed by atoms with E-state index in [1.165, 1.54) is 24.3 Å². The van der Waals surface area contributed by atoms with Crippen LogP contribution in [0.5, 0.6) is 0 Å². The van der Waals surface area contributed by atoms with Crippen LogP contribution in [0.15, 0.2) is 24.3 Å². The summed E-state index contributed by atoms with van der Waals surface area (Å²) in [4.78, 5) is 36.8. The molecular formula is C15H18Cl2F2N4O3. The van der Waals surface area contributed by atoms with Gasteiger partial charge in [-0.25, -0.2) is 18.5 Å².